The van der Waals surface area contributed by atoms with E-state index in [1.165, 1.54) is 6.07 Å². The van der Waals surface area contributed by atoms with Crippen LogP contribution < -0.4 is 11.1 Å². The summed E-state index contributed by atoms with van der Waals surface area (Å²) in [6.45, 7) is 0. The summed E-state index contributed by atoms with van der Waals surface area (Å²) in [7, 11) is 0. The fourth-order valence-corrected chi connectivity index (χ4v) is 2.88. The molecule has 0 bridgehead atoms. The van der Waals surface area contributed by atoms with Gasteiger partial charge in [-0.1, -0.05) is 18.9 Å². The lowest BCUT2D eigenvalue weighted by atomic mass is 10.1. The second-order valence-electron chi connectivity index (χ2n) is 5.70. The second kappa shape index (κ2) is 6.10. The monoisotopic (exact) mass is 298 g/mol. The van der Waals surface area contributed by atoms with Crippen molar-refractivity contribution in [3.8, 4) is 0 Å². The van der Waals surface area contributed by atoms with E-state index in [1.54, 1.807) is 12.1 Å². The molecule has 1 aromatic carbocycles. The average Bonchev–Trinajstić information content (AvgIpc) is 2.89. The Morgan fingerprint density at radius 1 is 1.30 bits per heavy atom. The summed E-state index contributed by atoms with van der Waals surface area (Å²) < 4.78 is 13.8. The predicted octanol–water partition coefficient (Wildman–Crippen LogP) is 2.73. The van der Waals surface area contributed by atoms with E-state index in [2.05, 4.69) is 5.32 Å². The van der Waals surface area contributed by atoms with Crippen LogP contribution in [0.5, 0.6) is 0 Å². The number of carbonyl (C=O) groups is 1. The van der Waals surface area contributed by atoms with Crippen LogP contribution >= 0.6 is 12.4 Å². The van der Waals surface area contributed by atoms with Gasteiger partial charge < -0.3 is 11.1 Å². The maximum absolute atomic E-state index is 13.8. The quantitative estimate of drug-likeness (QED) is 0.901. The molecule has 20 heavy (non-hydrogen) atoms. The molecule has 1 aromatic rings. The topological polar surface area (TPSA) is 55.1 Å². The van der Waals surface area contributed by atoms with Gasteiger partial charge in [0.1, 0.15) is 5.82 Å². The molecule has 110 valence electrons. The number of carbonyl (C=O) groups excluding carboxylic acids is 1. The maximum atomic E-state index is 13.8. The summed E-state index contributed by atoms with van der Waals surface area (Å²) in [6.07, 6.45) is 5.21. The number of amides is 1. The Morgan fingerprint density at radius 3 is 2.55 bits per heavy atom. The number of nitrogens with two attached hydrogens (primary N) is 1. The molecular weight excluding hydrogens is 279 g/mol. The van der Waals surface area contributed by atoms with Gasteiger partial charge in [0.2, 0.25) is 0 Å². The number of hydrogen-bond donors (Lipinski definition) is 2. The zero-order valence-corrected chi connectivity index (χ0v) is 12.1. The van der Waals surface area contributed by atoms with Crippen molar-refractivity contribution in [2.24, 2.45) is 5.73 Å². The van der Waals surface area contributed by atoms with Crippen LogP contribution in [-0.4, -0.2) is 18.0 Å². The molecule has 2 aliphatic carbocycles. The summed E-state index contributed by atoms with van der Waals surface area (Å²) in [5, 5.41) is 2.92. The van der Waals surface area contributed by atoms with Gasteiger partial charge in [0, 0.05) is 18.0 Å². The summed E-state index contributed by atoms with van der Waals surface area (Å²) in [5.41, 5.74) is 6.93. The molecule has 3 N–H and O–H groups in total. The molecule has 5 heteroatoms. The minimum atomic E-state index is -0.450. The van der Waals surface area contributed by atoms with E-state index in [0.29, 0.717) is 5.92 Å². The van der Waals surface area contributed by atoms with Gasteiger partial charge in [0.05, 0.1) is 5.56 Å². The van der Waals surface area contributed by atoms with Gasteiger partial charge in [-0.2, -0.15) is 0 Å². The molecule has 1 amide bonds. The van der Waals surface area contributed by atoms with Crippen LogP contribution in [0, 0.1) is 5.82 Å². The first kappa shape index (κ1) is 15.3. The summed E-state index contributed by atoms with van der Waals surface area (Å²) >= 11 is 0. The van der Waals surface area contributed by atoms with Gasteiger partial charge >= 0.3 is 0 Å². The lowest BCUT2D eigenvalue weighted by Gasteiger charge is -2.13. The van der Waals surface area contributed by atoms with Gasteiger partial charge in [0.25, 0.3) is 5.91 Å². The van der Waals surface area contributed by atoms with Gasteiger partial charge in [0.15, 0.2) is 0 Å². The fourth-order valence-electron chi connectivity index (χ4n) is 2.88. The number of benzene rings is 1. The largest absolute Gasteiger partial charge is 0.349 e. The predicted molar refractivity (Wildman–Crippen MR) is 78.7 cm³/mol. The van der Waals surface area contributed by atoms with Crippen LogP contribution in [0.2, 0.25) is 0 Å². The highest BCUT2D eigenvalue weighted by Crippen LogP contribution is 2.39. The van der Waals surface area contributed by atoms with E-state index in [4.69, 9.17) is 5.73 Å². The summed E-state index contributed by atoms with van der Waals surface area (Å²) in [4.78, 5) is 12.1. The smallest absolute Gasteiger partial charge is 0.254 e. The highest BCUT2D eigenvalue weighted by Gasteiger charge is 2.35. The number of rotatable bonds is 3. The highest BCUT2D eigenvalue weighted by atomic mass is 35.5. The standard InChI is InChI=1S/C15H19FN2O.ClH/c16-13-6-5-9(11-8-14(11)17)7-12(13)15(19)18-10-3-1-2-4-10;/h5-7,10-11,14H,1-4,8,17H2,(H,18,19);1H/t11-,14+;/m0./s1. The van der Waals surface area contributed by atoms with E-state index in [0.717, 1.165) is 37.7 Å². The number of nitrogens with one attached hydrogen (secondary N) is 1. The molecule has 0 radical (unpaired) electrons. The van der Waals surface area contributed by atoms with Gasteiger partial charge in [-0.05, 0) is 37.0 Å². The summed E-state index contributed by atoms with van der Waals surface area (Å²) in [5.74, 6) is -0.451. The third kappa shape index (κ3) is 3.13. The lowest BCUT2D eigenvalue weighted by Crippen LogP contribution is -2.33. The zero-order valence-electron chi connectivity index (χ0n) is 11.3. The first-order valence-corrected chi connectivity index (χ1v) is 7.01. The van der Waals surface area contributed by atoms with Crippen molar-refractivity contribution in [2.45, 2.75) is 50.1 Å². The lowest BCUT2D eigenvalue weighted by molar-refractivity contribution is 0.0933. The van der Waals surface area contributed by atoms with Crippen molar-refractivity contribution in [2.75, 3.05) is 0 Å². The first-order chi connectivity index (χ1) is 9.15. The third-order valence-corrected chi connectivity index (χ3v) is 4.19. The third-order valence-electron chi connectivity index (χ3n) is 4.19. The van der Waals surface area contributed by atoms with E-state index in [9.17, 15) is 9.18 Å². The number of hydrogen-bond acceptors (Lipinski definition) is 2. The molecule has 0 unspecified atom stereocenters. The molecule has 0 aromatic heterocycles. The zero-order chi connectivity index (χ0) is 13.4. The van der Waals surface area contributed by atoms with Crippen LogP contribution in [0.25, 0.3) is 0 Å². The van der Waals surface area contributed by atoms with Crippen molar-refractivity contribution < 1.29 is 9.18 Å². The molecule has 2 atom stereocenters. The Kier molecular flexibility index (Phi) is 4.66. The van der Waals surface area contributed by atoms with E-state index in [1.807, 2.05) is 0 Å². The molecule has 0 spiro atoms. The molecule has 3 rings (SSSR count). The fraction of sp³-hybridized carbons (Fsp3) is 0.533. The van der Waals surface area contributed by atoms with Crippen molar-refractivity contribution in [1.82, 2.24) is 5.32 Å². The molecule has 2 aliphatic rings. The summed E-state index contributed by atoms with van der Waals surface area (Å²) in [6, 6.07) is 5.15. The molecular formula is C15H20ClFN2O. The first-order valence-electron chi connectivity index (χ1n) is 7.01. The number of halogens is 2. The van der Waals surface area contributed by atoms with Crippen molar-refractivity contribution in [3.63, 3.8) is 0 Å². The maximum Gasteiger partial charge on any atom is 0.254 e. The van der Waals surface area contributed by atoms with E-state index < -0.39 is 5.82 Å². The Bertz CT molecular complexity index is 503. The highest BCUT2D eigenvalue weighted by molar-refractivity contribution is 5.95. The van der Waals surface area contributed by atoms with Crippen molar-refractivity contribution in [1.29, 1.82) is 0 Å². The Morgan fingerprint density at radius 2 is 1.95 bits per heavy atom. The average molecular weight is 299 g/mol. The molecule has 0 aliphatic heterocycles. The second-order valence-corrected chi connectivity index (χ2v) is 5.70. The van der Waals surface area contributed by atoms with Crippen LogP contribution in [0.4, 0.5) is 4.39 Å². The van der Waals surface area contributed by atoms with Crippen LogP contribution in [0.3, 0.4) is 0 Å². The van der Waals surface area contributed by atoms with Crippen molar-refractivity contribution >= 4 is 18.3 Å². The van der Waals surface area contributed by atoms with E-state index in [-0.39, 0.29) is 36.0 Å². The molecule has 2 saturated carbocycles. The van der Waals surface area contributed by atoms with Gasteiger partial charge in [-0.3, -0.25) is 4.79 Å². The normalized spacial score (nSPS) is 25.1. The molecule has 3 nitrogen and oxygen atoms in total. The van der Waals surface area contributed by atoms with Crippen LogP contribution in [0.1, 0.15) is 53.9 Å². The minimum absolute atomic E-state index is 0. The molecule has 0 saturated heterocycles. The van der Waals surface area contributed by atoms with Gasteiger partial charge in [-0.25, -0.2) is 4.39 Å². The van der Waals surface area contributed by atoms with Crippen LogP contribution in [0.15, 0.2) is 18.2 Å². The molecule has 0 heterocycles. The minimum Gasteiger partial charge on any atom is -0.349 e. The SMILES string of the molecule is Cl.N[C@@H]1C[C@H]1c1ccc(F)c(C(=O)NC2CCCC2)c1. The molecule has 2 fully saturated rings. The Balaban J connectivity index is 0.00000147. The van der Waals surface area contributed by atoms with Gasteiger partial charge in [-0.15, -0.1) is 12.4 Å². The van der Waals surface area contributed by atoms with Crippen molar-refractivity contribution in [3.05, 3.63) is 35.1 Å². The van der Waals surface area contributed by atoms with E-state index >= 15 is 0 Å². The van der Waals surface area contributed by atoms with Crippen LogP contribution in [-0.2, 0) is 0 Å². The Hall–Kier alpha value is -1.13. The Labute approximate surface area is 124 Å².